The second-order valence-corrected chi connectivity index (χ2v) is 6.23. The Bertz CT molecular complexity index is 664. The Balaban J connectivity index is 2.20. The van der Waals surface area contributed by atoms with Crippen LogP contribution in [0.5, 0.6) is 0 Å². The van der Waals surface area contributed by atoms with E-state index in [0.717, 1.165) is 10.5 Å². The van der Waals surface area contributed by atoms with Crippen LogP contribution in [-0.2, 0) is 16.6 Å². The number of rotatable bonds is 3. The maximum absolute atomic E-state index is 13.7. The number of benzene rings is 2. The van der Waals surface area contributed by atoms with Gasteiger partial charge in [-0.15, -0.1) is 0 Å². The van der Waals surface area contributed by atoms with Gasteiger partial charge in [0.15, 0.2) is 0 Å². The smallest absolute Gasteiger partial charge is 0.128 e. The van der Waals surface area contributed by atoms with Gasteiger partial charge in [0.1, 0.15) is 5.82 Å². The van der Waals surface area contributed by atoms with Gasteiger partial charge < -0.3 is 0 Å². The first-order valence-corrected chi connectivity index (χ1v) is 7.54. The van der Waals surface area contributed by atoms with Crippen LogP contribution in [0, 0.1) is 17.1 Å². The number of hydrogen-bond acceptors (Lipinski definition) is 2. The highest BCUT2D eigenvalue weighted by Gasteiger charge is 2.09. The molecule has 0 aliphatic heterocycles. The standard InChI is InChI=1S/C14H9BrFNOS/c15-12-3-5-13(6-4-12)19(18)9-11-2-1-10(8-17)7-14(11)16/h1-7H,9H2. The molecule has 0 N–H and O–H groups in total. The summed E-state index contributed by atoms with van der Waals surface area (Å²) in [6, 6.07) is 13.1. The van der Waals surface area contributed by atoms with E-state index in [-0.39, 0.29) is 11.3 Å². The van der Waals surface area contributed by atoms with E-state index in [1.165, 1.54) is 12.1 Å². The highest BCUT2D eigenvalue weighted by Crippen LogP contribution is 2.18. The number of halogens is 2. The third kappa shape index (κ3) is 3.49. The van der Waals surface area contributed by atoms with Gasteiger partial charge in [-0.1, -0.05) is 22.0 Å². The van der Waals surface area contributed by atoms with Crippen molar-refractivity contribution in [2.45, 2.75) is 10.6 Å². The number of hydrogen-bond donors (Lipinski definition) is 0. The summed E-state index contributed by atoms with van der Waals surface area (Å²) >= 11 is 3.30. The molecule has 0 aliphatic rings. The summed E-state index contributed by atoms with van der Waals surface area (Å²) in [5, 5.41) is 8.66. The van der Waals surface area contributed by atoms with E-state index < -0.39 is 16.6 Å². The van der Waals surface area contributed by atoms with Crippen molar-refractivity contribution in [2.24, 2.45) is 0 Å². The molecule has 2 aromatic rings. The topological polar surface area (TPSA) is 40.9 Å². The van der Waals surface area contributed by atoms with E-state index in [4.69, 9.17) is 5.26 Å². The highest BCUT2D eigenvalue weighted by molar-refractivity contribution is 9.10. The molecule has 0 aliphatic carbocycles. The lowest BCUT2D eigenvalue weighted by atomic mass is 10.1. The van der Waals surface area contributed by atoms with Crippen molar-refractivity contribution in [1.29, 1.82) is 5.26 Å². The van der Waals surface area contributed by atoms with Crippen LogP contribution in [0.2, 0.25) is 0 Å². The minimum absolute atomic E-state index is 0.0964. The first kappa shape index (κ1) is 13.9. The molecule has 19 heavy (non-hydrogen) atoms. The molecule has 1 atom stereocenters. The number of nitriles is 1. The molecule has 0 radical (unpaired) electrons. The van der Waals surface area contributed by atoms with Gasteiger partial charge in [-0.05, 0) is 36.4 Å². The molecule has 0 saturated heterocycles. The lowest BCUT2D eigenvalue weighted by molar-refractivity contribution is 0.614. The van der Waals surface area contributed by atoms with E-state index in [1.54, 1.807) is 24.3 Å². The van der Waals surface area contributed by atoms with Gasteiger partial charge in [-0.2, -0.15) is 5.26 Å². The van der Waals surface area contributed by atoms with Crippen LogP contribution in [0.3, 0.4) is 0 Å². The molecule has 5 heteroatoms. The molecule has 2 aromatic carbocycles. The lowest BCUT2D eigenvalue weighted by Gasteiger charge is -2.04. The predicted molar refractivity (Wildman–Crippen MR) is 75.4 cm³/mol. The van der Waals surface area contributed by atoms with Crippen LogP contribution in [0.4, 0.5) is 4.39 Å². The van der Waals surface area contributed by atoms with Gasteiger partial charge in [0.25, 0.3) is 0 Å². The summed E-state index contributed by atoms with van der Waals surface area (Å²) in [6.45, 7) is 0. The summed E-state index contributed by atoms with van der Waals surface area (Å²) < 4.78 is 26.7. The quantitative estimate of drug-likeness (QED) is 0.855. The second kappa shape index (κ2) is 6.09. The highest BCUT2D eigenvalue weighted by atomic mass is 79.9. The largest absolute Gasteiger partial charge is 0.254 e. The zero-order valence-corrected chi connectivity index (χ0v) is 12.2. The molecule has 0 amide bonds. The Hall–Kier alpha value is -1.51. The molecule has 0 heterocycles. The third-order valence-electron chi connectivity index (χ3n) is 2.55. The van der Waals surface area contributed by atoms with Gasteiger partial charge >= 0.3 is 0 Å². The van der Waals surface area contributed by atoms with Gasteiger partial charge in [-0.3, -0.25) is 4.21 Å². The fraction of sp³-hybridized carbons (Fsp3) is 0.0714. The van der Waals surface area contributed by atoms with Gasteiger partial charge in [0.2, 0.25) is 0 Å². The van der Waals surface area contributed by atoms with Gasteiger partial charge in [0, 0.05) is 14.9 Å². The van der Waals surface area contributed by atoms with E-state index in [2.05, 4.69) is 15.9 Å². The average molecular weight is 338 g/mol. The second-order valence-electron chi connectivity index (χ2n) is 3.86. The van der Waals surface area contributed by atoms with Gasteiger partial charge in [0.05, 0.1) is 28.2 Å². The van der Waals surface area contributed by atoms with Crippen LogP contribution in [0.1, 0.15) is 11.1 Å². The fourth-order valence-electron chi connectivity index (χ4n) is 1.54. The Labute approximate surface area is 121 Å². The van der Waals surface area contributed by atoms with Gasteiger partial charge in [-0.25, -0.2) is 4.39 Å². The van der Waals surface area contributed by atoms with Crippen LogP contribution in [0.25, 0.3) is 0 Å². The fourth-order valence-corrected chi connectivity index (χ4v) is 2.93. The Morgan fingerprint density at radius 2 is 1.89 bits per heavy atom. The molecule has 0 saturated carbocycles. The van der Waals surface area contributed by atoms with Crippen molar-refractivity contribution in [3.05, 3.63) is 63.9 Å². The molecular weight excluding hydrogens is 329 g/mol. The predicted octanol–water partition coefficient (Wildman–Crippen LogP) is 3.77. The molecular formula is C14H9BrFNOS. The van der Waals surface area contributed by atoms with E-state index in [9.17, 15) is 8.60 Å². The lowest BCUT2D eigenvalue weighted by Crippen LogP contribution is -1.99. The summed E-state index contributed by atoms with van der Waals surface area (Å²) in [4.78, 5) is 0.645. The minimum atomic E-state index is -1.31. The summed E-state index contributed by atoms with van der Waals surface area (Å²) in [5.74, 6) is -0.399. The Morgan fingerprint density at radius 3 is 2.47 bits per heavy atom. The van der Waals surface area contributed by atoms with Crippen LogP contribution >= 0.6 is 15.9 Å². The monoisotopic (exact) mass is 337 g/mol. The number of nitrogens with zero attached hydrogens (tertiary/aromatic N) is 1. The Kier molecular flexibility index (Phi) is 4.46. The molecule has 0 fully saturated rings. The van der Waals surface area contributed by atoms with Crippen molar-refractivity contribution in [2.75, 3.05) is 0 Å². The van der Waals surface area contributed by atoms with Crippen LogP contribution < -0.4 is 0 Å². The molecule has 1 unspecified atom stereocenters. The van der Waals surface area contributed by atoms with Crippen LogP contribution in [0.15, 0.2) is 51.8 Å². The molecule has 96 valence electrons. The SMILES string of the molecule is N#Cc1ccc(CS(=O)c2ccc(Br)cc2)c(F)c1. The zero-order chi connectivity index (χ0) is 13.8. The minimum Gasteiger partial charge on any atom is -0.254 e. The summed E-state index contributed by atoms with van der Waals surface area (Å²) in [5.41, 5.74) is 0.607. The maximum atomic E-state index is 13.7. The third-order valence-corrected chi connectivity index (χ3v) is 4.45. The van der Waals surface area contributed by atoms with E-state index in [0.29, 0.717) is 10.5 Å². The van der Waals surface area contributed by atoms with Crippen molar-refractivity contribution in [3.63, 3.8) is 0 Å². The molecule has 0 aromatic heterocycles. The normalized spacial score (nSPS) is 11.8. The van der Waals surface area contributed by atoms with Crippen molar-refractivity contribution >= 4 is 26.7 Å². The maximum Gasteiger partial charge on any atom is 0.128 e. The van der Waals surface area contributed by atoms with E-state index >= 15 is 0 Å². The average Bonchev–Trinajstić information content (AvgIpc) is 2.41. The molecule has 0 spiro atoms. The van der Waals surface area contributed by atoms with Crippen molar-refractivity contribution in [1.82, 2.24) is 0 Å². The van der Waals surface area contributed by atoms with Crippen molar-refractivity contribution < 1.29 is 8.60 Å². The molecule has 0 bridgehead atoms. The zero-order valence-electron chi connectivity index (χ0n) is 9.77. The van der Waals surface area contributed by atoms with Crippen LogP contribution in [-0.4, -0.2) is 4.21 Å². The molecule has 2 rings (SSSR count). The van der Waals surface area contributed by atoms with E-state index in [1.807, 2.05) is 6.07 Å². The first-order chi connectivity index (χ1) is 9.10. The first-order valence-electron chi connectivity index (χ1n) is 5.42. The molecule has 2 nitrogen and oxygen atoms in total. The summed E-state index contributed by atoms with van der Waals surface area (Å²) in [6.07, 6.45) is 0. The van der Waals surface area contributed by atoms with Crippen molar-refractivity contribution in [3.8, 4) is 6.07 Å². The summed E-state index contributed by atoms with van der Waals surface area (Å²) in [7, 11) is -1.31. The Morgan fingerprint density at radius 1 is 1.21 bits per heavy atom.